The van der Waals surface area contributed by atoms with Crippen LogP contribution in [0.1, 0.15) is 25.8 Å². The fourth-order valence-corrected chi connectivity index (χ4v) is 3.37. The molecule has 1 heterocycles. The molecule has 2 aromatic carbocycles. The Kier molecular flexibility index (Phi) is 5.85. The second-order valence-corrected chi connectivity index (χ2v) is 6.43. The van der Waals surface area contributed by atoms with Crippen molar-refractivity contribution in [3.63, 3.8) is 0 Å². The van der Waals surface area contributed by atoms with Crippen molar-refractivity contribution >= 4 is 22.6 Å². The molecule has 2 N–H and O–H groups in total. The molecule has 28 heavy (non-hydrogen) atoms. The molecule has 6 nitrogen and oxygen atoms in total. The third-order valence-corrected chi connectivity index (χ3v) is 4.58. The van der Waals surface area contributed by atoms with Crippen LogP contribution in [0.2, 0.25) is 0 Å². The lowest BCUT2D eigenvalue weighted by molar-refractivity contribution is 0.252. The third kappa shape index (κ3) is 3.65. The summed E-state index contributed by atoms with van der Waals surface area (Å²) >= 11 is 0. The molecule has 0 fully saturated rings. The fraction of sp³-hybridized carbons (Fsp3) is 0.273. The van der Waals surface area contributed by atoms with E-state index in [1.807, 2.05) is 49.4 Å². The molecule has 6 heteroatoms. The number of hydrogen-bond acceptors (Lipinski definition) is 3. The van der Waals surface area contributed by atoms with Crippen LogP contribution in [0.25, 0.3) is 22.2 Å². The lowest BCUT2D eigenvalue weighted by Gasteiger charge is -2.12. The van der Waals surface area contributed by atoms with Crippen LogP contribution in [0.15, 0.2) is 42.5 Å². The lowest BCUT2D eigenvalue weighted by Crippen LogP contribution is -2.28. The summed E-state index contributed by atoms with van der Waals surface area (Å²) in [6.45, 7) is 5.34. The number of ether oxygens (including phenoxy) is 1. The Morgan fingerprint density at radius 2 is 1.93 bits per heavy atom. The highest BCUT2D eigenvalue weighted by molar-refractivity contribution is 5.95. The summed E-state index contributed by atoms with van der Waals surface area (Å²) in [4.78, 5) is 11.7. The molecule has 0 radical (unpaired) electrons. The second-order valence-electron chi connectivity index (χ2n) is 6.43. The Bertz CT molecular complexity index is 1030. The van der Waals surface area contributed by atoms with Gasteiger partial charge in [0, 0.05) is 30.2 Å². The summed E-state index contributed by atoms with van der Waals surface area (Å²) in [5.41, 5.74) is 4.15. The van der Waals surface area contributed by atoms with Crippen molar-refractivity contribution in [2.75, 3.05) is 19.0 Å². The van der Waals surface area contributed by atoms with Crippen LogP contribution in [-0.4, -0.2) is 24.3 Å². The van der Waals surface area contributed by atoms with E-state index in [9.17, 15) is 10.1 Å². The molecule has 0 atom stereocenters. The Morgan fingerprint density at radius 1 is 1.18 bits per heavy atom. The summed E-state index contributed by atoms with van der Waals surface area (Å²) in [6, 6.07) is 15.5. The fourth-order valence-electron chi connectivity index (χ4n) is 3.37. The number of benzene rings is 2. The van der Waals surface area contributed by atoms with E-state index in [4.69, 9.17) is 4.74 Å². The highest BCUT2D eigenvalue weighted by atomic mass is 16.5. The zero-order valence-corrected chi connectivity index (χ0v) is 16.4. The number of nitrogens with zero attached hydrogens (tertiary/aromatic N) is 2. The first-order chi connectivity index (χ1) is 13.6. The van der Waals surface area contributed by atoms with Gasteiger partial charge in [0.1, 0.15) is 11.8 Å². The molecule has 2 amide bonds. The maximum atomic E-state index is 11.7. The van der Waals surface area contributed by atoms with Crippen molar-refractivity contribution < 1.29 is 9.53 Å². The molecular formula is C22H24N4O2. The van der Waals surface area contributed by atoms with Crippen molar-refractivity contribution in [3.05, 3.63) is 48.0 Å². The van der Waals surface area contributed by atoms with Crippen LogP contribution >= 0.6 is 0 Å². The van der Waals surface area contributed by atoms with E-state index in [0.717, 1.165) is 40.9 Å². The van der Waals surface area contributed by atoms with Crippen LogP contribution in [-0.2, 0) is 6.54 Å². The number of carbonyl (C=O) groups is 1. The van der Waals surface area contributed by atoms with Gasteiger partial charge in [-0.3, -0.25) is 0 Å². The van der Waals surface area contributed by atoms with Crippen LogP contribution in [0.3, 0.4) is 0 Å². The predicted octanol–water partition coefficient (Wildman–Crippen LogP) is 4.74. The zero-order chi connectivity index (χ0) is 20.1. The first-order valence-corrected chi connectivity index (χ1v) is 9.38. The average molecular weight is 376 g/mol. The number of amides is 2. The van der Waals surface area contributed by atoms with Gasteiger partial charge < -0.3 is 19.9 Å². The Labute approximate surface area is 164 Å². The van der Waals surface area contributed by atoms with E-state index in [1.165, 1.54) is 0 Å². The van der Waals surface area contributed by atoms with E-state index in [-0.39, 0.29) is 6.03 Å². The van der Waals surface area contributed by atoms with Gasteiger partial charge in [-0.15, -0.1) is 0 Å². The largest absolute Gasteiger partial charge is 0.497 e. The smallest absolute Gasteiger partial charge is 0.319 e. The first-order valence-electron chi connectivity index (χ1n) is 9.38. The molecule has 3 rings (SSSR count). The van der Waals surface area contributed by atoms with Gasteiger partial charge in [-0.2, -0.15) is 5.26 Å². The van der Waals surface area contributed by atoms with Gasteiger partial charge >= 0.3 is 6.03 Å². The number of aromatic nitrogens is 1. The van der Waals surface area contributed by atoms with Gasteiger partial charge in [-0.25, -0.2) is 4.79 Å². The maximum absolute atomic E-state index is 11.7. The number of rotatable bonds is 6. The monoisotopic (exact) mass is 376 g/mol. The standard InChI is InChI=1S/C22H24N4O2/c1-4-12-26-20-13-17(28-3)10-11-18(20)19(14-23)21(26)15-6-8-16(9-7-15)25-22(27)24-5-2/h6-11,13H,4-5,12H2,1-3H3,(H2,24,25,27). The third-order valence-electron chi connectivity index (χ3n) is 4.58. The second kappa shape index (κ2) is 8.49. The molecule has 144 valence electrons. The molecule has 0 aliphatic heterocycles. The SMILES string of the molecule is CCCn1c(-c2ccc(NC(=O)NCC)cc2)c(C#N)c2ccc(OC)cc21. The van der Waals surface area contributed by atoms with Crippen molar-refractivity contribution in [2.24, 2.45) is 0 Å². The number of anilines is 1. The number of aryl methyl sites for hydroxylation is 1. The van der Waals surface area contributed by atoms with E-state index in [0.29, 0.717) is 17.8 Å². The summed E-state index contributed by atoms with van der Waals surface area (Å²) in [5.74, 6) is 0.764. The summed E-state index contributed by atoms with van der Waals surface area (Å²) < 4.78 is 7.54. The van der Waals surface area contributed by atoms with Crippen molar-refractivity contribution in [3.8, 4) is 23.1 Å². The number of methoxy groups -OCH3 is 1. The van der Waals surface area contributed by atoms with E-state index in [2.05, 4.69) is 28.2 Å². The number of nitrogens with one attached hydrogen (secondary N) is 2. The van der Waals surface area contributed by atoms with Crippen molar-refractivity contribution in [2.45, 2.75) is 26.8 Å². The Hall–Kier alpha value is -3.46. The number of fused-ring (bicyclic) bond motifs is 1. The lowest BCUT2D eigenvalue weighted by atomic mass is 10.1. The van der Waals surface area contributed by atoms with E-state index in [1.54, 1.807) is 7.11 Å². The number of carbonyl (C=O) groups excluding carboxylic acids is 1. The molecular weight excluding hydrogens is 352 g/mol. The highest BCUT2D eigenvalue weighted by Gasteiger charge is 2.19. The Morgan fingerprint density at radius 3 is 2.54 bits per heavy atom. The van der Waals surface area contributed by atoms with Gasteiger partial charge in [0.05, 0.1) is 23.9 Å². The van der Waals surface area contributed by atoms with E-state index >= 15 is 0 Å². The van der Waals surface area contributed by atoms with Crippen LogP contribution in [0.5, 0.6) is 5.75 Å². The quantitative estimate of drug-likeness (QED) is 0.652. The summed E-state index contributed by atoms with van der Waals surface area (Å²) in [6.07, 6.45) is 0.940. The molecule has 3 aromatic rings. The van der Waals surface area contributed by atoms with Crippen molar-refractivity contribution in [1.29, 1.82) is 5.26 Å². The van der Waals surface area contributed by atoms with Crippen LogP contribution in [0, 0.1) is 11.3 Å². The van der Waals surface area contributed by atoms with Gasteiger partial charge in [0.15, 0.2) is 0 Å². The Balaban J connectivity index is 2.10. The molecule has 0 saturated heterocycles. The van der Waals surface area contributed by atoms with E-state index < -0.39 is 0 Å². The molecule has 0 aliphatic rings. The number of nitriles is 1. The van der Waals surface area contributed by atoms with Gasteiger partial charge in [0.25, 0.3) is 0 Å². The topological polar surface area (TPSA) is 79.1 Å². The van der Waals surface area contributed by atoms with Gasteiger partial charge in [-0.05, 0) is 43.2 Å². The first kappa shape index (κ1) is 19.3. The molecule has 0 spiro atoms. The predicted molar refractivity (Wildman–Crippen MR) is 112 cm³/mol. The minimum Gasteiger partial charge on any atom is -0.497 e. The molecule has 0 bridgehead atoms. The zero-order valence-electron chi connectivity index (χ0n) is 16.4. The molecule has 0 saturated carbocycles. The number of hydrogen-bond donors (Lipinski definition) is 2. The van der Waals surface area contributed by atoms with Gasteiger partial charge in [-0.1, -0.05) is 19.1 Å². The average Bonchev–Trinajstić information content (AvgIpc) is 3.01. The molecule has 1 aromatic heterocycles. The maximum Gasteiger partial charge on any atom is 0.319 e. The van der Waals surface area contributed by atoms with Crippen LogP contribution < -0.4 is 15.4 Å². The summed E-state index contributed by atoms with van der Waals surface area (Å²) in [7, 11) is 1.64. The summed E-state index contributed by atoms with van der Waals surface area (Å²) in [5, 5.41) is 16.3. The molecule has 0 unspecified atom stereocenters. The normalized spacial score (nSPS) is 10.5. The number of urea groups is 1. The minimum atomic E-state index is -0.236. The van der Waals surface area contributed by atoms with Crippen molar-refractivity contribution in [1.82, 2.24) is 9.88 Å². The van der Waals surface area contributed by atoms with Crippen LogP contribution in [0.4, 0.5) is 10.5 Å². The highest BCUT2D eigenvalue weighted by Crippen LogP contribution is 2.35. The molecule has 0 aliphatic carbocycles. The minimum absolute atomic E-state index is 0.236. The van der Waals surface area contributed by atoms with Gasteiger partial charge in [0.2, 0.25) is 0 Å².